The first-order chi connectivity index (χ1) is 12.8. The van der Waals surface area contributed by atoms with E-state index in [1.165, 1.54) is 0 Å². The van der Waals surface area contributed by atoms with Crippen molar-refractivity contribution in [3.63, 3.8) is 0 Å². The Morgan fingerprint density at radius 3 is 2.12 bits per heavy atom. The highest BCUT2D eigenvalue weighted by molar-refractivity contribution is 7.00. The van der Waals surface area contributed by atoms with Crippen LogP contribution in [0.4, 0.5) is 0 Å². The highest BCUT2D eigenvalue weighted by Crippen LogP contribution is 2.17. The van der Waals surface area contributed by atoms with Gasteiger partial charge in [-0.3, -0.25) is 14.8 Å². The molecule has 0 fully saturated rings. The van der Waals surface area contributed by atoms with E-state index >= 15 is 0 Å². The van der Waals surface area contributed by atoms with Crippen molar-refractivity contribution in [1.82, 2.24) is 23.6 Å². The van der Waals surface area contributed by atoms with Crippen molar-refractivity contribution in [1.29, 1.82) is 0 Å². The fraction of sp³-hybridized carbons (Fsp3) is 0.105. The Morgan fingerprint density at radius 2 is 1.50 bits per heavy atom. The summed E-state index contributed by atoms with van der Waals surface area (Å²) in [5.41, 5.74) is 3.77. The lowest BCUT2D eigenvalue weighted by atomic mass is 10.1. The van der Waals surface area contributed by atoms with Crippen LogP contribution in [-0.4, -0.2) is 29.5 Å². The fourth-order valence-electron chi connectivity index (χ4n) is 2.67. The predicted molar refractivity (Wildman–Crippen MR) is 99.5 cm³/mol. The number of benzene rings is 1. The van der Waals surface area contributed by atoms with Crippen LogP contribution in [0, 0.1) is 0 Å². The molecule has 6 nitrogen and oxygen atoms in total. The maximum atomic E-state index is 13.1. The molecule has 0 spiro atoms. The summed E-state index contributed by atoms with van der Waals surface area (Å²) < 4.78 is 8.41. The third-order valence-electron chi connectivity index (χ3n) is 3.95. The molecular weight excluding hydrogens is 346 g/mol. The smallest absolute Gasteiger partial charge is 0.254 e. The van der Waals surface area contributed by atoms with Gasteiger partial charge in [-0.05, 0) is 42.5 Å². The van der Waals surface area contributed by atoms with Gasteiger partial charge in [0.1, 0.15) is 11.0 Å². The summed E-state index contributed by atoms with van der Waals surface area (Å²) in [6.45, 7) is 0.813. The van der Waals surface area contributed by atoms with Gasteiger partial charge in [0, 0.05) is 18.0 Å². The summed E-state index contributed by atoms with van der Waals surface area (Å²) in [6, 6.07) is 16.8. The van der Waals surface area contributed by atoms with Crippen LogP contribution in [0.15, 0.2) is 67.0 Å². The topological polar surface area (TPSA) is 71.9 Å². The van der Waals surface area contributed by atoms with Gasteiger partial charge in [-0.25, -0.2) is 0 Å². The number of carbonyl (C=O) groups excluding carboxylic acids is 1. The maximum absolute atomic E-state index is 13.1. The largest absolute Gasteiger partial charge is 0.327 e. The van der Waals surface area contributed by atoms with Gasteiger partial charge in [-0.2, -0.15) is 8.75 Å². The summed E-state index contributed by atoms with van der Waals surface area (Å²) in [4.78, 5) is 23.6. The van der Waals surface area contributed by atoms with Crippen LogP contribution in [0.3, 0.4) is 0 Å². The Bertz CT molecular complexity index is 978. The molecule has 0 bridgehead atoms. The van der Waals surface area contributed by atoms with Gasteiger partial charge < -0.3 is 4.90 Å². The molecule has 1 aromatic carbocycles. The predicted octanol–water partition coefficient (Wildman–Crippen LogP) is 3.32. The lowest BCUT2D eigenvalue weighted by Crippen LogP contribution is -2.30. The SMILES string of the molecule is O=C(c1ccc2nsnc2c1)N(Cc1ccccn1)Cc1ccccn1. The van der Waals surface area contributed by atoms with Gasteiger partial charge in [-0.15, -0.1) is 0 Å². The molecule has 4 aromatic rings. The highest BCUT2D eigenvalue weighted by atomic mass is 32.1. The number of amides is 1. The number of carbonyl (C=O) groups is 1. The first-order valence-corrected chi connectivity index (χ1v) is 8.84. The molecule has 1 amide bonds. The maximum Gasteiger partial charge on any atom is 0.254 e. The van der Waals surface area contributed by atoms with Crippen molar-refractivity contribution in [2.45, 2.75) is 13.1 Å². The quantitative estimate of drug-likeness (QED) is 0.545. The van der Waals surface area contributed by atoms with Crippen LogP contribution in [0.1, 0.15) is 21.7 Å². The molecule has 0 saturated carbocycles. The van der Waals surface area contributed by atoms with Gasteiger partial charge in [0.15, 0.2) is 0 Å². The summed E-state index contributed by atoms with van der Waals surface area (Å²) >= 11 is 1.14. The number of pyridine rings is 2. The van der Waals surface area contributed by atoms with E-state index in [1.54, 1.807) is 29.4 Å². The second-order valence-electron chi connectivity index (χ2n) is 5.77. The number of hydrogen-bond acceptors (Lipinski definition) is 6. The van der Waals surface area contributed by atoms with E-state index in [-0.39, 0.29) is 5.91 Å². The number of nitrogens with zero attached hydrogens (tertiary/aromatic N) is 5. The van der Waals surface area contributed by atoms with Gasteiger partial charge in [0.25, 0.3) is 5.91 Å². The molecule has 26 heavy (non-hydrogen) atoms. The van der Waals surface area contributed by atoms with Crippen molar-refractivity contribution in [2.24, 2.45) is 0 Å². The Morgan fingerprint density at radius 1 is 0.846 bits per heavy atom. The van der Waals surface area contributed by atoms with Crippen molar-refractivity contribution >= 4 is 28.7 Å². The van der Waals surface area contributed by atoms with Crippen LogP contribution in [0.2, 0.25) is 0 Å². The van der Waals surface area contributed by atoms with E-state index in [0.717, 1.165) is 34.1 Å². The molecule has 0 saturated heterocycles. The van der Waals surface area contributed by atoms with Crippen molar-refractivity contribution < 1.29 is 4.79 Å². The minimum Gasteiger partial charge on any atom is -0.327 e. The summed E-state index contributed by atoms with van der Waals surface area (Å²) in [7, 11) is 0. The molecule has 3 heterocycles. The molecule has 0 radical (unpaired) electrons. The van der Waals surface area contributed by atoms with Crippen molar-refractivity contribution in [3.05, 3.63) is 83.9 Å². The second-order valence-corrected chi connectivity index (χ2v) is 6.30. The molecule has 0 atom stereocenters. The Balaban J connectivity index is 1.65. The zero-order chi connectivity index (χ0) is 17.8. The van der Waals surface area contributed by atoms with Crippen LogP contribution in [0.5, 0.6) is 0 Å². The van der Waals surface area contributed by atoms with Gasteiger partial charge in [-0.1, -0.05) is 12.1 Å². The lowest BCUT2D eigenvalue weighted by molar-refractivity contribution is 0.0726. The second kappa shape index (κ2) is 7.37. The Labute approximate surface area is 154 Å². The number of fused-ring (bicyclic) bond motifs is 1. The van der Waals surface area contributed by atoms with Crippen LogP contribution in [-0.2, 0) is 13.1 Å². The third kappa shape index (κ3) is 3.57. The standard InChI is InChI=1S/C19H15N5OS/c25-19(14-7-8-17-18(11-14)23-26-22-17)24(12-15-5-1-3-9-20-15)13-16-6-2-4-10-21-16/h1-11H,12-13H2. The molecule has 4 rings (SSSR count). The molecule has 7 heteroatoms. The van der Waals surface area contributed by atoms with Crippen molar-refractivity contribution in [3.8, 4) is 0 Å². The lowest BCUT2D eigenvalue weighted by Gasteiger charge is -2.22. The summed E-state index contributed by atoms with van der Waals surface area (Å²) in [6.07, 6.45) is 3.46. The van der Waals surface area contributed by atoms with Crippen molar-refractivity contribution in [2.75, 3.05) is 0 Å². The summed E-state index contributed by atoms with van der Waals surface area (Å²) in [5.74, 6) is -0.0868. The van der Waals surface area contributed by atoms with E-state index in [4.69, 9.17) is 0 Å². The number of hydrogen-bond donors (Lipinski definition) is 0. The summed E-state index contributed by atoms with van der Waals surface area (Å²) in [5, 5.41) is 0. The molecule has 3 aromatic heterocycles. The molecule has 128 valence electrons. The molecular formula is C19H15N5OS. The minimum atomic E-state index is -0.0868. The normalized spacial score (nSPS) is 10.8. The van der Waals surface area contributed by atoms with Gasteiger partial charge >= 0.3 is 0 Å². The van der Waals surface area contributed by atoms with E-state index in [2.05, 4.69) is 18.7 Å². The fourth-order valence-corrected chi connectivity index (χ4v) is 3.19. The first kappa shape index (κ1) is 16.3. The zero-order valence-corrected chi connectivity index (χ0v) is 14.6. The van der Waals surface area contributed by atoms with Crippen LogP contribution in [0.25, 0.3) is 11.0 Å². The van der Waals surface area contributed by atoms with Crippen LogP contribution >= 0.6 is 11.7 Å². The Hall–Kier alpha value is -3.19. The first-order valence-electron chi connectivity index (χ1n) is 8.11. The monoisotopic (exact) mass is 361 g/mol. The van der Waals surface area contributed by atoms with E-state index < -0.39 is 0 Å². The average molecular weight is 361 g/mol. The minimum absolute atomic E-state index is 0.0868. The molecule has 0 N–H and O–H groups in total. The van der Waals surface area contributed by atoms with E-state index in [9.17, 15) is 4.79 Å². The highest BCUT2D eigenvalue weighted by Gasteiger charge is 2.18. The van der Waals surface area contributed by atoms with Gasteiger partial charge in [0.2, 0.25) is 0 Å². The van der Waals surface area contributed by atoms with Crippen LogP contribution < -0.4 is 0 Å². The van der Waals surface area contributed by atoms with Gasteiger partial charge in [0.05, 0.1) is 36.2 Å². The number of aromatic nitrogens is 4. The third-order valence-corrected chi connectivity index (χ3v) is 4.50. The average Bonchev–Trinajstić information content (AvgIpc) is 3.16. The zero-order valence-electron chi connectivity index (χ0n) is 13.8. The molecule has 0 aliphatic rings. The molecule has 0 aliphatic heterocycles. The Kier molecular flexibility index (Phi) is 4.61. The molecule has 0 unspecified atom stereocenters. The number of rotatable bonds is 5. The molecule has 0 aliphatic carbocycles. The van der Waals surface area contributed by atoms with E-state index in [0.29, 0.717) is 18.7 Å². The van der Waals surface area contributed by atoms with E-state index in [1.807, 2.05) is 42.5 Å².